The maximum atomic E-state index is 9.39. The predicted octanol–water partition coefficient (Wildman–Crippen LogP) is 3.18. The molecule has 0 amide bonds. The lowest BCUT2D eigenvalue weighted by molar-refractivity contribution is 0.00578. The summed E-state index contributed by atoms with van der Waals surface area (Å²) in [5, 5.41) is 21.8. The van der Waals surface area contributed by atoms with Gasteiger partial charge in [0.15, 0.2) is 0 Å². The van der Waals surface area contributed by atoms with Crippen LogP contribution in [0, 0.1) is 5.92 Å². The number of aliphatic hydroxyl groups is 1. The summed E-state index contributed by atoms with van der Waals surface area (Å²) in [5.41, 5.74) is 2.56. The number of rotatable bonds is 6. The first-order valence-corrected chi connectivity index (χ1v) is 11.7. The second kappa shape index (κ2) is 8.76. The van der Waals surface area contributed by atoms with E-state index in [0.717, 1.165) is 48.2 Å². The van der Waals surface area contributed by atoms with Crippen molar-refractivity contribution in [1.29, 1.82) is 0 Å². The second-order valence-electron chi connectivity index (χ2n) is 10.5. The number of nitrogens with one attached hydrogen (secondary N) is 1. The zero-order valence-corrected chi connectivity index (χ0v) is 20.1. The molecule has 0 unspecified atom stereocenters. The van der Waals surface area contributed by atoms with E-state index in [4.69, 9.17) is 9.31 Å². The normalized spacial score (nSPS) is 24.8. The van der Waals surface area contributed by atoms with Gasteiger partial charge in [0.1, 0.15) is 5.69 Å². The van der Waals surface area contributed by atoms with E-state index in [1.54, 1.807) is 0 Å². The van der Waals surface area contributed by atoms with E-state index in [2.05, 4.69) is 34.5 Å². The van der Waals surface area contributed by atoms with Crippen LogP contribution in [-0.4, -0.2) is 56.1 Å². The smallest absolute Gasteiger partial charge is 0.398 e. The Hall–Kier alpha value is -1.97. The van der Waals surface area contributed by atoms with Crippen molar-refractivity contribution in [2.45, 2.75) is 90.5 Å². The monoisotopic (exact) mass is 441 g/mol. The highest BCUT2D eigenvalue weighted by molar-refractivity contribution is 6.61. The molecule has 0 radical (unpaired) electrons. The van der Waals surface area contributed by atoms with Gasteiger partial charge in [-0.15, -0.1) is 5.10 Å². The van der Waals surface area contributed by atoms with Crippen LogP contribution in [0.3, 0.4) is 0 Å². The Morgan fingerprint density at radius 1 is 1.16 bits per heavy atom. The summed E-state index contributed by atoms with van der Waals surface area (Å²) in [6.45, 7) is 12.7. The highest BCUT2D eigenvalue weighted by atomic mass is 16.7. The molecule has 1 saturated carbocycles. The number of anilines is 1. The van der Waals surface area contributed by atoms with Crippen molar-refractivity contribution >= 4 is 18.4 Å². The zero-order valence-electron chi connectivity index (χ0n) is 20.1. The predicted molar refractivity (Wildman–Crippen MR) is 126 cm³/mol. The Morgan fingerprint density at radius 3 is 2.41 bits per heavy atom. The van der Waals surface area contributed by atoms with Gasteiger partial charge in [0, 0.05) is 30.1 Å². The van der Waals surface area contributed by atoms with Gasteiger partial charge in [0.25, 0.3) is 0 Å². The van der Waals surface area contributed by atoms with Crippen LogP contribution in [0.1, 0.15) is 73.3 Å². The molecule has 2 aromatic rings. The molecule has 0 atom stereocenters. The topological polar surface area (TPSA) is 94.3 Å². The van der Waals surface area contributed by atoms with Gasteiger partial charge in [-0.25, -0.2) is 4.68 Å². The summed E-state index contributed by atoms with van der Waals surface area (Å²) in [5.74, 6) is 0.419. The Labute approximate surface area is 191 Å². The number of pyridine rings is 1. The van der Waals surface area contributed by atoms with Crippen molar-refractivity contribution < 1.29 is 14.4 Å². The third-order valence-electron chi connectivity index (χ3n) is 7.10. The number of nitrogens with zero attached hydrogens (tertiary/aromatic N) is 4. The van der Waals surface area contributed by atoms with E-state index >= 15 is 0 Å². The van der Waals surface area contributed by atoms with E-state index in [0.29, 0.717) is 12.0 Å². The maximum absolute atomic E-state index is 9.39. The van der Waals surface area contributed by atoms with E-state index in [1.165, 1.54) is 0 Å². The molecule has 1 saturated heterocycles. The Balaban J connectivity index is 1.59. The highest BCUT2D eigenvalue weighted by Crippen LogP contribution is 2.37. The molecule has 0 bridgehead atoms. The lowest BCUT2D eigenvalue weighted by atomic mass is 9.83. The van der Waals surface area contributed by atoms with Gasteiger partial charge in [-0.3, -0.25) is 4.98 Å². The molecule has 2 aliphatic rings. The lowest BCUT2D eigenvalue weighted by Crippen LogP contribution is -2.41. The summed E-state index contributed by atoms with van der Waals surface area (Å²) in [4.78, 5) is 4.68. The molecule has 32 heavy (non-hydrogen) atoms. The average molecular weight is 441 g/mol. The summed E-state index contributed by atoms with van der Waals surface area (Å²) in [6.07, 6.45) is 7.94. The van der Waals surface area contributed by atoms with Crippen molar-refractivity contribution in [3.8, 4) is 11.3 Å². The van der Waals surface area contributed by atoms with Gasteiger partial charge in [0.05, 0.1) is 29.0 Å². The van der Waals surface area contributed by atoms with Gasteiger partial charge in [-0.1, -0.05) is 5.21 Å². The Bertz CT molecular complexity index is 921. The molecular formula is C23H36BN5O3. The van der Waals surface area contributed by atoms with Gasteiger partial charge < -0.3 is 19.7 Å². The quantitative estimate of drug-likeness (QED) is 0.665. The van der Waals surface area contributed by atoms with Crippen molar-refractivity contribution in [2.24, 2.45) is 5.92 Å². The van der Waals surface area contributed by atoms with E-state index in [1.807, 2.05) is 50.8 Å². The third kappa shape index (κ3) is 4.56. The zero-order chi connectivity index (χ0) is 23.1. The summed E-state index contributed by atoms with van der Waals surface area (Å²) >= 11 is 0. The molecule has 0 spiro atoms. The van der Waals surface area contributed by atoms with E-state index in [-0.39, 0.29) is 12.6 Å². The van der Waals surface area contributed by atoms with E-state index in [9.17, 15) is 5.11 Å². The van der Waals surface area contributed by atoms with Crippen molar-refractivity contribution in [3.63, 3.8) is 0 Å². The Morgan fingerprint density at radius 2 is 1.81 bits per heavy atom. The summed E-state index contributed by atoms with van der Waals surface area (Å²) in [7, 11) is -0.515. The molecule has 2 fully saturated rings. The minimum atomic E-state index is -0.515. The molecule has 0 aromatic carbocycles. The largest absolute Gasteiger partial charge is 0.514 e. The molecule has 2 aromatic heterocycles. The van der Waals surface area contributed by atoms with Crippen LogP contribution in [-0.2, 0) is 9.31 Å². The molecule has 174 valence electrons. The molecule has 4 rings (SSSR count). The molecular weight excluding hydrogens is 405 g/mol. The molecule has 1 aliphatic carbocycles. The van der Waals surface area contributed by atoms with Crippen LogP contribution < -0.4 is 10.9 Å². The molecule has 9 heteroatoms. The molecule has 2 N–H and O–H groups in total. The van der Waals surface area contributed by atoms with Crippen LogP contribution in [0.4, 0.5) is 5.69 Å². The SMILES string of the molecule is CC(C)Nc1cc(B2OC(C)(C)C(C)(C)O2)ncc1-c1cn(C2CCC(CO)CC2)nn1. The minimum absolute atomic E-state index is 0.242. The lowest BCUT2D eigenvalue weighted by Gasteiger charge is -2.32. The summed E-state index contributed by atoms with van der Waals surface area (Å²) in [6, 6.07) is 2.58. The van der Waals surface area contributed by atoms with Crippen LogP contribution in [0.2, 0.25) is 0 Å². The molecule has 1 aliphatic heterocycles. The fourth-order valence-electron chi connectivity index (χ4n) is 4.37. The fourth-order valence-corrected chi connectivity index (χ4v) is 4.37. The number of aliphatic hydroxyl groups excluding tert-OH is 1. The molecule has 3 heterocycles. The van der Waals surface area contributed by atoms with Gasteiger partial charge in [-0.05, 0) is 79.2 Å². The average Bonchev–Trinajstić information content (AvgIpc) is 3.30. The standard InChI is InChI=1S/C23H36BN5O3/c1-15(2)26-19-11-21(24-31-22(3,4)23(5,6)32-24)25-12-18(19)20-13-29(28-27-20)17-9-7-16(14-30)8-10-17/h11-13,15-17,30H,7-10,14H2,1-6H3,(H,25,26). The van der Waals surface area contributed by atoms with Crippen molar-refractivity contribution in [2.75, 3.05) is 11.9 Å². The van der Waals surface area contributed by atoms with Gasteiger partial charge in [-0.2, -0.15) is 0 Å². The fraction of sp³-hybridized carbons (Fsp3) is 0.696. The molecule has 8 nitrogen and oxygen atoms in total. The third-order valence-corrected chi connectivity index (χ3v) is 7.10. The van der Waals surface area contributed by atoms with E-state index < -0.39 is 18.3 Å². The second-order valence-corrected chi connectivity index (χ2v) is 10.5. The summed E-state index contributed by atoms with van der Waals surface area (Å²) < 4.78 is 14.4. The number of hydrogen-bond acceptors (Lipinski definition) is 7. The van der Waals surface area contributed by atoms with Crippen LogP contribution >= 0.6 is 0 Å². The number of aromatic nitrogens is 4. The van der Waals surface area contributed by atoms with Crippen LogP contribution in [0.15, 0.2) is 18.5 Å². The number of hydrogen-bond donors (Lipinski definition) is 2. The maximum Gasteiger partial charge on any atom is 0.514 e. The first kappa shape index (κ1) is 23.2. The first-order chi connectivity index (χ1) is 15.1. The Kier molecular flexibility index (Phi) is 6.35. The first-order valence-electron chi connectivity index (χ1n) is 11.7. The van der Waals surface area contributed by atoms with Crippen LogP contribution in [0.25, 0.3) is 11.3 Å². The van der Waals surface area contributed by atoms with Gasteiger partial charge >= 0.3 is 7.12 Å². The minimum Gasteiger partial charge on any atom is -0.398 e. The van der Waals surface area contributed by atoms with Gasteiger partial charge in [0.2, 0.25) is 0 Å². The van der Waals surface area contributed by atoms with Crippen LogP contribution in [0.5, 0.6) is 0 Å². The van der Waals surface area contributed by atoms with Crippen molar-refractivity contribution in [1.82, 2.24) is 20.0 Å². The van der Waals surface area contributed by atoms with Crippen molar-refractivity contribution in [3.05, 3.63) is 18.5 Å². The highest BCUT2D eigenvalue weighted by Gasteiger charge is 2.52.